The summed E-state index contributed by atoms with van der Waals surface area (Å²) in [7, 11) is 0. The summed E-state index contributed by atoms with van der Waals surface area (Å²) in [5, 5.41) is 7.02. The number of halogens is 2. The van der Waals surface area contributed by atoms with E-state index in [4.69, 9.17) is 10.1 Å². The average molecular weight is 407 g/mol. The topological polar surface area (TPSA) is 45.4 Å². The van der Waals surface area contributed by atoms with Crippen molar-refractivity contribution >= 4 is 50.8 Å². The summed E-state index contributed by atoms with van der Waals surface area (Å²) in [6, 6.07) is 7.64. The Balaban J connectivity index is 2.88. The molecule has 1 N–H and O–H groups in total. The van der Waals surface area contributed by atoms with Crippen LogP contribution in [0.2, 0.25) is 0 Å². The number of allylic oxidation sites excluding steroid dienone is 1. The molecule has 5 heteroatoms. The first-order valence-electron chi connectivity index (χ1n) is 5.03. The Hall–Kier alpha value is -0.690. The first kappa shape index (κ1) is 14.4. The summed E-state index contributed by atoms with van der Waals surface area (Å²) < 4.78 is 7.50. The van der Waals surface area contributed by atoms with Crippen LogP contribution in [-0.4, -0.2) is 12.2 Å². The maximum atomic E-state index is 7.02. The Morgan fingerprint density at radius 1 is 1.47 bits per heavy atom. The van der Waals surface area contributed by atoms with E-state index in [1.807, 2.05) is 37.3 Å². The number of nitrogens with one attached hydrogen (secondary N) is 1. The Morgan fingerprint density at radius 2 is 2.12 bits per heavy atom. The third kappa shape index (κ3) is 4.99. The molecule has 0 radical (unpaired) electrons. The zero-order valence-corrected chi connectivity index (χ0v) is 13.0. The molecule has 17 heavy (non-hydrogen) atoms. The Bertz CT molecular complexity index is 440. The molecule has 0 bridgehead atoms. The molecule has 0 amide bonds. The van der Waals surface area contributed by atoms with Gasteiger partial charge in [0, 0.05) is 3.57 Å². The van der Waals surface area contributed by atoms with Crippen molar-refractivity contribution in [3.8, 4) is 5.75 Å². The standard InChI is InChI=1S/C12H12BrIN2O/c1-2-3-11(13)12(16-8-15)17-10-6-4-9(14)5-7-10/h3-8,15H,2H2,1H3/b11-3+,15-8?,16-12?. The minimum absolute atomic E-state index is 0.392. The normalized spacial score (nSPS) is 12.4. The molecule has 0 aromatic heterocycles. The van der Waals surface area contributed by atoms with Gasteiger partial charge in [0.2, 0.25) is 5.90 Å². The van der Waals surface area contributed by atoms with Crippen LogP contribution in [0.25, 0.3) is 0 Å². The van der Waals surface area contributed by atoms with Crippen molar-refractivity contribution < 1.29 is 4.74 Å². The second-order valence-electron chi connectivity index (χ2n) is 3.08. The second-order valence-corrected chi connectivity index (χ2v) is 5.18. The Labute approximate surface area is 123 Å². The fraction of sp³-hybridized carbons (Fsp3) is 0.167. The van der Waals surface area contributed by atoms with E-state index in [0.717, 1.165) is 20.8 Å². The van der Waals surface area contributed by atoms with E-state index in [2.05, 4.69) is 43.5 Å². The lowest BCUT2D eigenvalue weighted by Gasteiger charge is -2.07. The lowest BCUT2D eigenvalue weighted by Crippen LogP contribution is -2.09. The van der Waals surface area contributed by atoms with E-state index in [0.29, 0.717) is 11.6 Å². The van der Waals surface area contributed by atoms with Gasteiger partial charge < -0.3 is 4.74 Å². The van der Waals surface area contributed by atoms with Gasteiger partial charge in [0.15, 0.2) is 0 Å². The number of ether oxygens (including phenoxy) is 1. The molecule has 90 valence electrons. The molecule has 0 aliphatic heterocycles. The van der Waals surface area contributed by atoms with Crippen molar-refractivity contribution in [1.82, 2.24) is 0 Å². The van der Waals surface area contributed by atoms with Crippen LogP contribution < -0.4 is 4.74 Å². The molecule has 0 saturated carbocycles. The molecule has 0 fully saturated rings. The number of nitrogens with zero attached hydrogens (tertiary/aromatic N) is 1. The highest BCUT2D eigenvalue weighted by Gasteiger charge is 2.06. The molecule has 0 aliphatic rings. The highest BCUT2D eigenvalue weighted by molar-refractivity contribution is 14.1. The molecule has 0 spiro atoms. The van der Waals surface area contributed by atoms with Crippen LogP contribution in [0.5, 0.6) is 5.75 Å². The van der Waals surface area contributed by atoms with Crippen LogP contribution in [0.1, 0.15) is 13.3 Å². The van der Waals surface area contributed by atoms with Crippen LogP contribution in [0.15, 0.2) is 39.8 Å². The third-order valence-corrected chi connectivity index (χ3v) is 3.18. The van der Waals surface area contributed by atoms with Gasteiger partial charge in [0.05, 0.1) is 4.48 Å². The molecule has 1 aromatic rings. The molecule has 0 heterocycles. The van der Waals surface area contributed by atoms with Crippen molar-refractivity contribution in [2.24, 2.45) is 4.99 Å². The predicted molar refractivity (Wildman–Crippen MR) is 83.3 cm³/mol. The predicted octanol–water partition coefficient (Wildman–Crippen LogP) is 4.36. The molecule has 0 unspecified atom stereocenters. The highest BCUT2D eigenvalue weighted by atomic mass is 127. The zero-order chi connectivity index (χ0) is 12.7. The fourth-order valence-corrected chi connectivity index (χ4v) is 1.94. The second kappa shape index (κ2) is 7.60. The summed E-state index contributed by atoms with van der Waals surface area (Å²) in [4.78, 5) is 3.88. The van der Waals surface area contributed by atoms with Gasteiger partial charge in [-0.1, -0.05) is 13.0 Å². The van der Waals surface area contributed by atoms with Crippen LogP contribution in [0.3, 0.4) is 0 Å². The van der Waals surface area contributed by atoms with Gasteiger partial charge in [-0.15, -0.1) is 0 Å². The highest BCUT2D eigenvalue weighted by Crippen LogP contribution is 2.17. The molecule has 1 aromatic carbocycles. The first-order chi connectivity index (χ1) is 8.17. The maximum absolute atomic E-state index is 7.02. The fourth-order valence-electron chi connectivity index (χ4n) is 1.08. The van der Waals surface area contributed by atoms with Gasteiger partial charge in [0.25, 0.3) is 0 Å². The summed E-state index contributed by atoms with van der Waals surface area (Å²) >= 11 is 5.61. The molecular weight excluding hydrogens is 395 g/mol. The summed E-state index contributed by atoms with van der Waals surface area (Å²) in [5.74, 6) is 1.09. The minimum atomic E-state index is 0.392. The molecule has 0 saturated heterocycles. The van der Waals surface area contributed by atoms with Gasteiger partial charge in [-0.25, -0.2) is 4.99 Å². The van der Waals surface area contributed by atoms with Crippen LogP contribution in [0, 0.1) is 8.98 Å². The van der Waals surface area contributed by atoms with Gasteiger partial charge >= 0.3 is 0 Å². The van der Waals surface area contributed by atoms with Gasteiger partial charge in [0.1, 0.15) is 12.1 Å². The Morgan fingerprint density at radius 3 is 2.65 bits per heavy atom. The minimum Gasteiger partial charge on any atom is -0.438 e. The van der Waals surface area contributed by atoms with E-state index in [-0.39, 0.29) is 0 Å². The van der Waals surface area contributed by atoms with Crippen molar-refractivity contribution in [3.63, 3.8) is 0 Å². The van der Waals surface area contributed by atoms with Gasteiger partial charge in [-0.2, -0.15) is 0 Å². The van der Waals surface area contributed by atoms with Crippen LogP contribution >= 0.6 is 38.5 Å². The van der Waals surface area contributed by atoms with Crippen molar-refractivity contribution in [3.05, 3.63) is 38.4 Å². The number of rotatable bonds is 4. The van der Waals surface area contributed by atoms with Crippen molar-refractivity contribution in [1.29, 1.82) is 5.41 Å². The smallest absolute Gasteiger partial charge is 0.234 e. The average Bonchev–Trinajstić information content (AvgIpc) is 2.31. The molecule has 1 rings (SSSR count). The number of hydrogen-bond acceptors (Lipinski definition) is 2. The maximum Gasteiger partial charge on any atom is 0.234 e. The van der Waals surface area contributed by atoms with Crippen LogP contribution in [-0.2, 0) is 0 Å². The SMILES string of the molecule is CC/C=C(/Br)C(=NC=N)Oc1ccc(I)cc1. The number of benzene rings is 1. The molecule has 0 aliphatic carbocycles. The van der Waals surface area contributed by atoms with Gasteiger partial charge in [-0.3, -0.25) is 5.41 Å². The quantitative estimate of drug-likeness (QED) is 0.450. The van der Waals surface area contributed by atoms with Crippen molar-refractivity contribution in [2.45, 2.75) is 13.3 Å². The monoisotopic (exact) mass is 406 g/mol. The third-order valence-electron chi connectivity index (χ3n) is 1.80. The lowest BCUT2D eigenvalue weighted by atomic mass is 10.3. The summed E-state index contributed by atoms with van der Waals surface area (Å²) in [6.07, 6.45) is 3.77. The number of aliphatic imine (C=N–C) groups is 1. The number of hydrogen-bond donors (Lipinski definition) is 1. The van der Waals surface area contributed by atoms with Crippen LogP contribution in [0.4, 0.5) is 0 Å². The van der Waals surface area contributed by atoms with E-state index >= 15 is 0 Å². The molecular formula is C12H12BrIN2O. The molecule has 3 nitrogen and oxygen atoms in total. The largest absolute Gasteiger partial charge is 0.438 e. The van der Waals surface area contributed by atoms with E-state index in [1.54, 1.807) is 0 Å². The Kier molecular flexibility index (Phi) is 6.43. The summed E-state index contributed by atoms with van der Waals surface area (Å²) in [6.45, 7) is 2.02. The molecule has 0 atom stereocenters. The van der Waals surface area contributed by atoms with E-state index < -0.39 is 0 Å². The first-order valence-corrected chi connectivity index (χ1v) is 6.90. The zero-order valence-electron chi connectivity index (χ0n) is 9.28. The lowest BCUT2D eigenvalue weighted by molar-refractivity contribution is 0.555. The van der Waals surface area contributed by atoms with Crippen molar-refractivity contribution in [2.75, 3.05) is 0 Å². The van der Waals surface area contributed by atoms with Gasteiger partial charge in [-0.05, 0) is 69.2 Å². The van der Waals surface area contributed by atoms with E-state index in [1.165, 1.54) is 0 Å². The van der Waals surface area contributed by atoms with E-state index in [9.17, 15) is 0 Å². The summed E-state index contributed by atoms with van der Waals surface area (Å²) in [5.41, 5.74) is 0.